The molecule has 4 aliphatic rings. The third-order valence-corrected chi connectivity index (χ3v) is 14.2. The number of ether oxygens (including phenoxy) is 1. The Labute approximate surface area is 297 Å². The first kappa shape index (κ1) is 39.7. The monoisotopic (exact) mass is 667 g/mol. The van der Waals surface area contributed by atoms with Crippen LogP contribution in [0, 0.1) is 46.3 Å². The molecule has 0 aromatic carbocycles. The predicted octanol–water partition coefficient (Wildman–Crippen LogP) is 12.9. The fourth-order valence-electron chi connectivity index (χ4n) is 11.3. The maximum Gasteiger partial charge on any atom is 0.306 e. The van der Waals surface area contributed by atoms with Gasteiger partial charge in [0.15, 0.2) is 0 Å². The molecule has 0 radical (unpaired) electrons. The van der Waals surface area contributed by atoms with E-state index in [1.54, 1.807) is 0 Å². The van der Waals surface area contributed by atoms with E-state index in [2.05, 4.69) is 59.8 Å². The van der Waals surface area contributed by atoms with Crippen LogP contribution in [0.1, 0.15) is 196 Å². The van der Waals surface area contributed by atoms with Gasteiger partial charge in [-0.25, -0.2) is 0 Å². The van der Waals surface area contributed by atoms with Crippen molar-refractivity contribution in [3.05, 3.63) is 23.8 Å². The highest BCUT2D eigenvalue weighted by Crippen LogP contribution is 2.67. The third kappa shape index (κ3) is 10.5. The van der Waals surface area contributed by atoms with E-state index in [1.165, 1.54) is 121 Å². The number of allylic oxidation sites excluding steroid dienone is 2. The summed E-state index contributed by atoms with van der Waals surface area (Å²) in [4.78, 5) is 12.8. The lowest BCUT2D eigenvalue weighted by Crippen LogP contribution is -2.55. The molecule has 4 rings (SSSR count). The molecule has 0 bridgehead atoms. The summed E-state index contributed by atoms with van der Waals surface area (Å²) >= 11 is 0. The first-order valence-corrected chi connectivity index (χ1v) is 21.3. The van der Waals surface area contributed by atoms with Gasteiger partial charge in [0.05, 0.1) is 6.10 Å². The van der Waals surface area contributed by atoms with Gasteiger partial charge in [-0.05, 0) is 117 Å². The molecule has 0 spiro atoms. The number of hydrogen-bond donors (Lipinski definition) is 1. The van der Waals surface area contributed by atoms with E-state index in [-0.39, 0.29) is 23.6 Å². The number of aliphatic hydroxyl groups excluding tert-OH is 1. The highest BCUT2D eigenvalue weighted by atomic mass is 16.5. The molecule has 1 unspecified atom stereocenters. The zero-order chi connectivity index (χ0) is 34.6. The highest BCUT2D eigenvalue weighted by Gasteiger charge is 2.61. The molecule has 3 nitrogen and oxygen atoms in total. The van der Waals surface area contributed by atoms with E-state index in [0.717, 1.165) is 49.9 Å². The summed E-state index contributed by atoms with van der Waals surface area (Å²) in [5, 5.41) is 11.7. The van der Waals surface area contributed by atoms with Crippen LogP contribution in [0.3, 0.4) is 0 Å². The van der Waals surface area contributed by atoms with Gasteiger partial charge < -0.3 is 9.84 Å². The van der Waals surface area contributed by atoms with Crippen molar-refractivity contribution in [2.24, 2.45) is 46.3 Å². The second-order valence-corrected chi connectivity index (χ2v) is 18.1. The smallest absolute Gasteiger partial charge is 0.306 e. The molecule has 0 amide bonds. The second kappa shape index (κ2) is 19.5. The summed E-state index contributed by atoms with van der Waals surface area (Å²) in [6, 6.07) is 0. The molecule has 276 valence electrons. The first-order chi connectivity index (χ1) is 23.1. The fourth-order valence-corrected chi connectivity index (χ4v) is 11.3. The molecule has 3 fully saturated rings. The van der Waals surface area contributed by atoms with Crippen LogP contribution in [-0.2, 0) is 9.53 Å². The Morgan fingerprint density at radius 3 is 2.19 bits per heavy atom. The topological polar surface area (TPSA) is 46.5 Å². The first-order valence-electron chi connectivity index (χ1n) is 21.3. The van der Waals surface area contributed by atoms with Crippen LogP contribution < -0.4 is 0 Å². The van der Waals surface area contributed by atoms with Crippen molar-refractivity contribution in [3.63, 3.8) is 0 Å². The summed E-state index contributed by atoms with van der Waals surface area (Å²) in [7, 11) is 0. The number of hydrogen-bond acceptors (Lipinski definition) is 3. The van der Waals surface area contributed by atoms with Crippen LogP contribution in [0.4, 0.5) is 0 Å². The molecule has 0 saturated heterocycles. The number of carbonyl (C=O) groups excluding carboxylic acids is 1. The Hall–Kier alpha value is -1.09. The Bertz CT molecular complexity index is 1010. The summed E-state index contributed by atoms with van der Waals surface area (Å²) in [6.45, 7) is 14.6. The molecular formula is C45H78O3. The van der Waals surface area contributed by atoms with Gasteiger partial charge in [0, 0.05) is 12.8 Å². The van der Waals surface area contributed by atoms with Gasteiger partial charge >= 0.3 is 5.97 Å². The van der Waals surface area contributed by atoms with Crippen molar-refractivity contribution in [2.75, 3.05) is 0 Å². The Morgan fingerprint density at radius 2 is 1.50 bits per heavy atom. The molecule has 48 heavy (non-hydrogen) atoms. The van der Waals surface area contributed by atoms with Gasteiger partial charge in [-0.15, -0.1) is 0 Å². The second-order valence-electron chi connectivity index (χ2n) is 18.1. The van der Waals surface area contributed by atoms with Gasteiger partial charge in [0.2, 0.25) is 0 Å². The Kier molecular flexibility index (Phi) is 16.1. The van der Waals surface area contributed by atoms with E-state index in [0.29, 0.717) is 29.6 Å². The molecule has 9 atom stereocenters. The van der Waals surface area contributed by atoms with E-state index >= 15 is 0 Å². The quantitative estimate of drug-likeness (QED) is 0.0753. The van der Waals surface area contributed by atoms with Crippen molar-refractivity contribution in [1.82, 2.24) is 0 Å². The minimum atomic E-state index is -0.344. The SMILES string of the molecule is CCCCCCCC/C=C/CCCCCCCC(=O)O[C@H]1CC[C@@]2(C)C(=C[C@H](O)C3[C@@H]4CC[C@H]([C@H](C)CCCC(C)C)[C@@]4(C)CC[C@@H]32)C1. The van der Waals surface area contributed by atoms with E-state index in [4.69, 9.17) is 4.74 Å². The van der Waals surface area contributed by atoms with Crippen LogP contribution in [0.15, 0.2) is 23.8 Å². The van der Waals surface area contributed by atoms with E-state index < -0.39 is 0 Å². The molecule has 0 aromatic rings. The van der Waals surface area contributed by atoms with Gasteiger partial charge in [-0.3, -0.25) is 4.79 Å². The predicted molar refractivity (Wildman–Crippen MR) is 204 cm³/mol. The van der Waals surface area contributed by atoms with E-state index in [1.807, 2.05) is 0 Å². The lowest BCUT2D eigenvalue weighted by Gasteiger charge is -2.59. The number of carbonyl (C=O) groups is 1. The van der Waals surface area contributed by atoms with Crippen molar-refractivity contribution >= 4 is 5.97 Å². The van der Waals surface area contributed by atoms with Crippen molar-refractivity contribution < 1.29 is 14.6 Å². The number of unbranched alkanes of at least 4 members (excludes halogenated alkanes) is 11. The average Bonchev–Trinajstić information content (AvgIpc) is 3.40. The fraction of sp³-hybridized carbons (Fsp3) is 0.889. The van der Waals surface area contributed by atoms with Gasteiger partial charge in [0.1, 0.15) is 6.10 Å². The zero-order valence-corrected chi connectivity index (χ0v) is 32.6. The van der Waals surface area contributed by atoms with Crippen molar-refractivity contribution in [2.45, 2.75) is 208 Å². The number of rotatable bonds is 21. The summed E-state index contributed by atoms with van der Waals surface area (Å²) < 4.78 is 6.08. The van der Waals surface area contributed by atoms with Crippen LogP contribution in [0.25, 0.3) is 0 Å². The Balaban J connectivity index is 1.15. The number of esters is 1. The standard InChI is InChI=1S/C45H78O3/c1-7-8-9-10-11-12-13-14-15-16-17-18-19-20-21-25-42(47)48-37-28-30-44(5)36(32-37)33-41(46)43-39-27-26-38(35(4)24-22-23-34(2)3)45(39,6)31-29-40(43)44/h14-15,33-35,37-41,43,46H,7-13,16-32H2,1-6H3/b15-14+/t35-,37+,38-,39+,40+,41+,43?,44+,45-/m1/s1. The normalized spacial score (nSPS) is 33.7. The zero-order valence-electron chi connectivity index (χ0n) is 32.6. The number of fused-ring (bicyclic) bond motifs is 5. The maximum atomic E-state index is 12.8. The highest BCUT2D eigenvalue weighted by molar-refractivity contribution is 5.69. The van der Waals surface area contributed by atoms with Gasteiger partial charge in [-0.2, -0.15) is 0 Å². The van der Waals surface area contributed by atoms with Crippen LogP contribution in [0.5, 0.6) is 0 Å². The third-order valence-electron chi connectivity index (χ3n) is 14.2. The van der Waals surface area contributed by atoms with Crippen LogP contribution in [0.2, 0.25) is 0 Å². The Morgan fingerprint density at radius 1 is 0.833 bits per heavy atom. The molecule has 3 saturated carbocycles. The van der Waals surface area contributed by atoms with E-state index in [9.17, 15) is 9.90 Å². The average molecular weight is 667 g/mol. The molecule has 3 heteroatoms. The summed E-state index contributed by atoms with van der Waals surface area (Å²) in [5.74, 6) is 3.98. The van der Waals surface area contributed by atoms with Crippen molar-refractivity contribution in [1.29, 1.82) is 0 Å². The van der Waals surface area contributed by atoms with Gasteiger partial charge in [0.25, 0.3) is 0 Å². The minimum absolute atomic E-state index is 0.0102. The minimum Gasteiger partial charge on any atom is -0.462 e. The van der Waals surface area contributed by atoms with Crippen molar-refractivity contribution in [3.8, 4) is 0 Å². The molecule has 0 heterocycles. The number of aliphatic hydroxyl groups is 1. The molecular weight excluding hydrogens is 588 g/mol. The van der Waals surface area contributed by atoms with Gasteiger partial charge in [-0.1, -0.05) is 136 Å². The molecule has 4 aliphatic carbocycles. The molecule has 1 N–H and O–H groups in total. The summed E-state index contributed by atoms with van der Waals surface area (Å²) in [5.41, 5.74) is 1.91. The van der Waals surface area contributed by atoms with Crippen LogP contribution >= 0.6 is 0 Å². The molecule has 0 aromatic heterocycles. The van der Waals surface area contributed by atoms with Crippen LogP contribution in [-0.4, -0.2) is 23.3 Å². The lowest BCUT2D eigenvalue weighted by molar-refractivity contribution is -0.152. The summed E-state index contributed by atoms with van der Waals surface area (Å²) in [6.07, 6.45) is 35.9. The lowest BCUT2D eigenvalue weighted by atomic mass is 9.46. The largest absolute Gasteiger partial charge is 0.462 e. The molecule has 0 aliphatic heterocycles. The maximum absolute atomic E-state index is 12.8.